The molecule has 1 heterocycles. The molecule has 1 saturated carbocycles. The average molecular weight is 332 g/mol. The highest BCUT2D eigenvalue weighted by molar-refractivity contribution is 8.01. The fourth-order valence-corrected chi connectivity index (χ4v) is 5.44. The highest BCUT2D eigenvalue weighted by atomic mass is 32.2. The zero-order valence-electron chi connectivity index (χ0n) is 13.5. The zero-order chi connectivity index (χ0) is 16.4. The van der Waals surface area contributed by atoms with Crippen LogP contribution in [0.3, 0.4) is 0 Å². The van der Waals surface area contributed by atoms with Crippen LogP contribution in [0, 0.1) is 5.92 Å². The van der Waals surface area contributed by atoms with Crippen LogP contribution in [-0.2, 0) is 9.59 Å². The highest BCUT2D eigenvalue weighted by Crippen LogP contribution is 2.61. The summed E-state index contributed by atoms with van der Waals surface area (Å²) < 4.78 is -0.598. The SMILES string of the molecule is CCCCCCSC12C(=O)NC(=O)C1CC2c1ccc(N)cc1. The number of hydrogen-bond acceptors (Lipinski definition) is 4. The van der Waals surface area contributed by atoms with E-state index in [1.807, 2.05) is 24.3 Å². The summed E-state index contributed by atoms with van der Waals surface area (Å²) in [5, 5.41) is 2.56. The lowest BCUT2D eigenvalue weighted by molar-refractivity contribution is -0.125. The second-order valence-corrected chi connectivity index (χ2v) is 7.90. The Bertz CT molecular complexity index is 602. The molecule has 4 nitrogen and oxygen atoms in total. The molecule has 3 N–H and O–H groups in total. The third kappa shape index (κ3) is 2.75. The number of carbonyl (C=O) groups is 2. The second kappa shape index (κ2) is 6.56. The number of rotatable bonds is 7. The van der Waals surface area contributed by atoms with Gasteiger partial charge in [0.1, 0.15) is 4.75 Å². The van der Waals surface area contributed by atoms with Gasteiger partial charge < -0.3 is 5.73 Å². The summed E-state index contributed by atoms with van der Waals surface area (Å²) in [7, 11) is 0. The molecule has 0 bridgehead atoms. The number of nitrogens with two attached hydrogens (primary N) is 1. The molecule has 2 fully saturated rings. The van der Waals surface area contributed by atoms with Gasteiger partial charge in [-0.25, -0.2) is 0 Å². The van der Waals surface area contributed by atoms with E-state index in [0.717, 1.165) is 29.8 Å². The van der Waals surface area contributed by atoms with Crippen molar-refractivity contribution in [2.45, 2.75) is 49.7 Å². The second-order valence-electron chi connectivity index (χ2n) is 6.53. The minimum Gasteiger partial charge on any atom is -0.399 e. The van der Waals surface area contributed by atoms with Gasteiger partial charge in [0.25, 0.3) is 0 Å². The lowest BCUT2D eigenvalue weighted by atomic mass is 9.62. The summed E-state index contributed by atoms with van der Waals surface area (Å²) in [5.74, 6) is 0.677. The average Bonchev–Trinajstić information content (AvgIpc) is 2.68. The smallest absolute Gasteiger partial charge is 0.244 e. The van der Waals surface area contributed by atoms with Crippen molar-refractivity contribution in [3.63, 3.8) is 0 Å². The highest BCUT2D eigenvalue weighted by Gasteiger charge is 2.67. The number of amides is 2. The van der Waals surface area contributed by atoms with Crippen LogP contribution in [0.5, 0.6) is 0 Å². The number of anilines is 1. The van der Waals surface area contributed by atoms with Gasteiger partial charge in [-0.15, -0.1) is 11.8 Å². The first kappa shape index (κ1) is 16.4. The predicted octanol–water partition coefficient (Wildman–Crippen LogP) is 3.08. The molecule has 124 valence electrons. The van der Waals surface area contributed by atoms with E-state index >= 15 is 0 Å². The van der Waals surface area contributed by atoms with E-state index in [1.54, 1.807) is 11.8 Å². The number of carbonyl (C=O) groups excluding carboxylic acids is 2. The van der Waals surface area contributed by atoms with Crippen LogP contribution in [0.15, 0.2) is 24.3 Å². The van der Waals surface area contributed by atoms with Crippen LogP contribution in [0.25, 0.3) is 0 Å². The van der Waals surface area contributed by atoms with Gasteiger partial charge in [0.15, 0.2) is 0 Å². The number of nitrogens with one attached hydrogen (secondary N) is 1. The van der Waals surface area contributed by atoms with Gasteiger partial charge in [-0.05, 0) is 36.3 Å². The number of imide groups is 1. The van der Waals surface area contributed by atoms with Crippen molar-refractivity contribution < 1.29 is 9.59 Å². The molecule has 1 aromatic rings. The molecule has 1 aliphatic heterocycles. The Morgan fingerprint density at radius 1 is 1.17 bits per heavy atom. The van der Waals surface area contributed by atoms with E-state index < -0.39 is 4.75 Å². The Kier molecular flexibility index (Phi) is 4.67. The minimum absolute atomic E-state index is 0.0947. The zero-order valence-corrected chi connectivity index (χ0v) is 14.3. The van der Waals surface area contributed by atoms with E-state index in [1.165, 1.54) is 19.3 Å². The molecule has 3 atom stereocenters. The van der Waals surface area contributed by atoms with Crippen molar-refractivity contribution in [2.24, 2.45) is 5.92 Å². The summed E-state index contributed by atoms with van der Waals surface area (Å²) in [6, 6.07) is 7.73. The fraction of sp³-hybridized carbons (Fsp3) is 0.556. The van der Waals surface area contributed by atoms with Crippen LogP contribution < -0.4 is 11.1 Å². The van der Waals surface area contributed by atoms with E-state index in [9.17, 15) is 9.59 Å². The number of unbranched alkanes of at least 4 members (excludes halogenated alkanes) is 3. The van der Waals surface area contributed by atoms with E-state index in [2.05, 4.69) is 12.2 Å². The summed E-state index contributed by atoms with van der Waals surface area (Å²) >= 11 is 1.69. The third-order valence-corrected chi connectivity index (χ3v) is 6.82. The molecule has 1 aliphatic carbocycles. The summed E-state index contributed by atoms with van der Waals surface area (Å²) in [5.41, 5.74) is 7.60. The topological polar surface area (TPSA) is 72.2 Å². The van der Waals surface area contributed by atoms with Crippen molar-refractivity contribution >= 4 is 29.3 Å². The van der Waals surface area contributed by atoms with Gasteiger partial charge in [-0.3, -0.25) is 14.9 Å². The number of hydrogen-bond donors (Lipinski definition) is 2. The first-order chi connectivity index (χ1) is 11.1. The standard InChI is InChI=1S/C18H24N2O2S/c1-2-3-4-5-10-23-18-14(12-6-8-13(19)9-7-12)11-15(18)16(21)20-17(18)22/h6-9,14-15H,2-5,10-11,19H2,1H3,(H,20,21,22). The van der Waals surface area contributed by atoms with E-state index in [-0.39, 0.29) is 23.7 Å². The Labute approximate surface area is 141 Å². The maximum atomic E-state index is 12.6. The van der Waals surface area contributed by atoms with E-state index in [4.69, 9.17) is 5.73 Å². The normalized spacial score (nSPS) is 29.1. The predicted molar refractivity (Wildman–Crippen MR) is 94.2 cm³/mol. The van der Waals surface area contributed by atoms with Crippen LogP contribution in [-0.4, -0.2) is 22.3 Å². The molecular weight excluding hydrogens is 308 g/mol. The molecule has 0 radical (unpaired) electrons. The molecular formula is C18H24N2O2S. The monoisotopic (exact) mass is 332 g/mol. The molecule has 0 aromatic heterocycles. The van der Waals surface area contributed by atoms with Crippen molar-refractivity contribution in [1.82, 2.24) is 5.32 Å². The number of nitrogen functional groups attached to an aromatic ring is 1. The fourth-order valence-electron chi connectivity index (χ4n) is 3.73. The summed E-state index contributed by atoms with van der Waals surface area (Å²) in [6.07, 6.45) is 5.47. The number of benzene rings is 1. The van der Waals surface area contributed by atoms with Crippen LogP contribution in [0.2, 0.25) is 0 Å². The van der Waals surface area contributed by atoms with Crippen molar-refractivity contribution in [2.75, 3.05) is 11.5 Å². The molecule has 3 unspecified atom stereocenters. The Morgan fingerprint density at radius 3 is 2.57 bits per heavy atom. The van der Waals surface area contributed by atoms with Crippen LogP contribution in [0.4, 0.5) is 5.69 Å². The van der Waals surface area contributed by atoms with Gasteiger partial charge in [-0.2, -0.15) is 0 Å². The molecule has 2 amide bonds. The molecule has 2 aliphatic rings. The van der Waals surface area contributed by atoms with Gasteiger partial charge in [0.2, 0.25) is 11.8 Å². The molecule has 5 heteroatoms. The number of thioether (sulfide) groups is 1. The lowest BCUT2D eigenvalue weighted by Crippen LogP contribution is -2.54. The Hall–Kier alpha value is -1.49. The lowest BCUT2D eigenvalue weighted by Gasteiger charge is -2.48. The van der Waals surface area contributed by atoms with Crippen LogP contribution in [0.1, 0.15) is 50.5 Å². The maximum Gasteiger partial charge on any atom is 0.244 e. The van der Waals surface area contributed by atoms with Gasteiger partial charge in [-0.1, -0.05) is 38.3 Å². The van der Waals surface area contributed by atoms with Crippen molar-refractivity contribution in [3.8, 4) is 0 Å². The first-order valence-electron chi connectivity index (χ1n) is 8.44. The largest absolute Gasteiger partial charge is 0.399 e. The Morgan fingerprint density at radius 2 is 1.91 bits per heavy atom. The molecule has 0 spiro atoms. The minimum atomic E-state index is -0.598. The molecule has 1 aromatic carbocycles. The van der Waals surface area contributed by atoms with E-state index in [0.29, 0.717) is 0 Å². The Balaban J connectivity index is 1.76. The molecule has 3 rings (SSSR count). The number of fused-ring (bicyclic) bond motifs is 1. The maximum absolute atomic E-state index is 12.6. The van der Waals surface area contributed by atoms with Crippen molar-refractivity contribution in [1.29, 1.82) is 0 Å². The first-order valence-corrected chi connectivity index (χ1v) is 9.42. The molecule has 1 saturated heterocycles. The third-order valence-electron chi connectivity index (χ3n) is 5.09. The summed E-state index contributed by atoms with van der Waals surface area (Å²) in [4.78, 5) is 24.6. The van der Waals surface area contributed by atoms with Crippen LogP contribution >= 0.6 is 11.8 Å². The quantitative estimate of drug-likeness (QED) is 0.457. The van der Waals surface area contributed by atoms with Gasteiger partial charge >= 0.3 is 0 Å². The molecule has 23 heavy (non-hydrogen) atoms. The van der Waals surface area contributed by atoms with Gasteiger partial charge in [0, 0.05) is 11.6 Å². The van der Waals surface area contributed by atoms with Crippen molar-refractivity contribution in [3.05, 3.63) is 29.8 Å². The summed E-state index contributed by atoms with van der Waals surface area (Å²) in [6.45, 7) is 2.19. The van der Waals surface area contributed by atoms with Gasteiger partial charge in [0.05, 0.1) is 5.92 Å².